The summed E-state index contributed by atoms with van der Waals surface area (Å²) < 4.78 is 11.8. The molecule has 0 N–H and O–H groups in total. The second-order valence-electron chi connectivity index (χ2n) is 6.63. The molecule has 1 aliphatic rings. The first-order chi connectivity index (χ1) is 13.0. The van der Waals surface area contributed by atoms with Gasteiger partial charge in [-0.2, -0.15) is 5.26 Å². The van der Waals surface area contributed by atoms with E-state index in [-0.39, 0.29) is 0 Å². The van der Waals surface area contributed by atoms with Gasteiger partial charge in [0.05, 0.1) is 35.8 Å². The van der Waals surface area contributed by atoms with Crippen LogP contribution in [-0.4, -0.2) is 38.0 Å². The molecule has 27 heavy (non-hydrogen) atoms. The summed E-state index contributed by atoms with van der Waals surface area (Å²) in [6.07, 6.45) is 1.77. The van der Waals surface area contributed by atoms with E-state index in [0.29, 0.717) is 35.2 Å². The van der Waals surface area contributed by atoms with Gasteiger partial charge in [0.15, 0.2) is 5.60 Å². The lowest BCUT2D eigenvalue weighted by Gasteiger charge is -2.42. The third kappa shape index (κ3) is 3.92. The van der Waals surface area contributed by atoms with Crippen molar-refractivity contribution in [3.8, 4) is 11.8 Å². The SMILES string of the molecule is CCN(C)C=Nc1cc(C)c(C2(Oc3ccccc3C#N)COC2)cc1Cl. The summed E-state index contributed by atoms with van der Waals surface area (Å²) in [4.78, 5) is 6.44. The lowest BCUT2D eigenvalue weighted by molar-refractivity contribution is -0.168. The van der Waals surface area contributed by atoms with Crippen LogP contribution < -0.4 is 4.74 Å². The fourth-order valence-corrected chi connectivity index (χ4v) is 3.13. The molecule has 2 aromatic rings. The van der Waals surface area contributed by atoms with Gasteiger partial charge in [-0.05, 0) is 43.7 Å². The maximum absolute atomic E-state index is 9.33. The minimum absolute atomic E-state index is 0.408. The van der Waals surface area contributed by atoms with Gasteiger partial charge < -0.3 is 14.4 Å². The first-order valence-corrected chi connectivity index (χ1v) is 9.18. The number of para-hydroxylation sites is 1. The predicted molar refractivity (Wildman–Crippen MR) is 107 cm³/mol. The highest BCUT2D eigenvalue weighted by atomic mass is 35.5. The molecule has 1 heterocycles. The maximum Gasteiger partial charge on any atom is 0.181 e. The molecule has 0 atom stereocenters. The van der Waals surface area contributed by atoms with Crippen LogP contribution in [0.15, 0.2) is 41.4 Å². The minimum Gasteiger partial charge on any atom is -0.476 e. The molecule has 0 unspecified atom stereocenters. The number of aryl methyl sites for hydroxylation is 1. The van der Waals surface area contributed by atoms with Crippen LogP contribution in [0.1, 0.15) is 23.6 Å². The van der Waals surface area contributed by atoms with Crippen molar-refractivity contribution in [1.82, 2.24) is 4.90 Å². The summed E-state index contributed by atoms with van der Waals surface area (Å²) in [6, 6.07) is 13.2. The largest absolute Gasteiger partial charge is 0.476 e. The zero-order valence-electron chi connectivity index (χ0n) is 15.7. The Balaban J connectivity index is 1.95. The van der Waals surface area contributed by atoms with E-state index in [1.807, 2.05) is 43.1 Å². The number of halogens is 1. The lowest BCUT2D eigenvalue weighted by Crippen LogP contribution is -2.52. The second-order valence-corrected chi connectivity index (χ2v) is 7.04. The van der Waals surface area contributed by atoms with Gasteiger partial charge in [0, 0.05) is 19.2 Å². The summed E-state index contributed by atoms with van der Waals surface area (Å²) >= 11 is 6.50. The van der Waals surface area contributed by atoms with Gasteiger partial charge in [-0.25, -0.2) is 4.99 Å². The molecule has 0 bridgehead atoms. The molecule has 1 aliphatic heterocycles. The molecule has 0 aliphatic carbocycles. The van der Waals surface area contributed by atoms with Gasteiger partial charge in [-0.1, -0.05) is 23.7 Å². The van der Waals surface area contributed by atoms with Crippen LogP contribution in [0.2, 0.25) is 5.02 Å². The molecule has 0 saturated carbocycles. The van der Waals surface area contributed by atoms with Crippen molar-refractivity contribution in [3.63, 3.8) is 0 Å². The second kappa shape index (κ2) is 7.99. The Bertz CT molecular complexity index is 901. The average Bonchev–Trinajstić information content (AvgIpc) is 2.65. The van der Waals surface area contributed by atoms with E-state index in [4.69, 9.17) is 21.1 Å². The summed E-state index contributed by atoms with van der Waals surface area (Å²) in [6.45, 7) is 5.74. The summed E-state index contributed by atoms with van der Waals surface area (Å²) in [7, 11) is 1.96. The summed E-state index contributed by atoms with van der Waals surface area (Å²) in [5, 5.41) is 9.89. The molecule has 0 amide bonds. The van der Waals surface area contributed by atoms with Crippen molar-refractivity contribution in [1.29, 1.82) is 5.26 Å². The van der Waals surface area contributed by atoms with Gasteiger partial charge >= 0.3 is 0 Å². The van der Waals surface area contributed by atoms with Crippen molar-refractivity contribution in [3.05, 3.63) is 58.1 Å². The van der Waals surface area contributed by atoms with E-state index in [1.54, 1.807) is 18.5 Å². The standard InChI is InChI=1S/C21H22ClN3O2/c1-4-25(3)14-24-19-9-15(2)17(10-18(19)22)21(12-26-13-21)27-20-8-6-5-7-16(20)11-23/h5-10,14H,4,12-13H2,1-3H3. The Hall–Kier alpha value is -2.55. The Morgan fingerprint density at radius 1 is 1.37 bits per heavy atom. The topological polar surface area (TPSA) is 57.8 Å². The van der Waals surface area contributed by atoms with Crippen LogP contribution in [0.3, 0.4) is 0 Å². The van der Waals surface area contributed by atoms with Gasteiger partial charge in [0.1, 0.15) is 11.8 Å². The van der Waals surface area contributed by atoms with Crippen molar-refractivity contribution < 1.29 is 9.47 Å². The van der Waals surface area contributed by atoms with Gasteiger partial charge in [0.2, 0.25) is 0 Å². The maximum atomic E-state index is 9.33. The number of nitriles is 1. The Labute approximate surface area is 164 Å². The van der Waals surface area contributed by atoms with E-state index in [2.05, 4.69) is 18.0 Å². The molecular weight excluding hydrogens is 362 g/mol. The smallest absolute Gasteiger partial charge is 0.181 e. The highest BCUT2D eigenvalue weighted by Gasteiger charge is 2.44. The number of hydrogen-bond donors (Lipinski definition) is 0. The predicted octanol–water partition coefficient (Wildman–Crippen LogP) is 4.44. The van der Waals surface area contributed by atoms with Crippen LogP contribution in [0.4, 0.5) is 5.69 Å². The Morgan fingerprint density at radius 2 is 2.11 bits per heavy atom. The number of benzene rings is 2. The zero-order chi connectivity index (χ0) is 19.4. The van der Waals surface area contributed by atoms with E-state index in [0.717, 1.165) is 17.7 Å². The van der Waals surface area contributed by atoms with Gasteiger partial charge in [-0.15, -0.1) is 0 Å². The number of nitrogens with zero attached hydrogens (tertiary/aromatic N) is 3. The lowest BCUT2D eigenvalue weighted by atomic mass is 9.87. The first kappa shape index (κ1) is 19.2. The Morgan fingerprint density at radius 3 is 2.74 bits per heavy atom. The molecule has 0 spiro atoms. The average molecular weight is 384 g/mol. The molecule has 6 heteroatoms. The van der Waals surface area contributed by atoms with Gasteiger partial charge in [-0.3, -0.25) is 0 Å². The summed E-state index contributed by atoms with van der Waals surface area (Å²) in [5.74, 6) is 0.547. The van der Waals surface area contributed by atoms with Crippen molar-refractivity contribution in [2.75, 3.05) is 26.8 Å². The number of hydrogen-bond acceptors (Lipinski definition) is 4. The molecule has 3 rings (SSSR count). The van der Waals surface area contributed by atoms with Crippen molar-refractivity contribution in [2.24, 2.45) is 4.99 Å². The quantitative estimate of drug-likeness (QED) is 0.546. The van der Waals surface area contributed by atoms with Crippen LogP contribution in [0.5, 0.6) is 5.75 Å². The first-order valence-electron chi connectivity index (χ1n) is 8.80. The molecular formula is C21H22ClN3O2. The molecule has 0 radical (unpaired) electrons. The molecule has 0 aromatic heterocycles. The van der Waals surface area contributed by atoms with Gasteiger partial charge in [0.25, 0.3) is 0 Å². The number of ether oxygens (including phenoxy) is 2. The third-order valence-electron chi connectivity index (χ3n) is 4.66. The molecule has 5 nitrogen and oxygen atoms in total. The Kier molecular flexibility index (Phi) is 5.69. The summed E-state index contributed by atoms with van der Waals surface area (Å²) in [5.41, 5.74) is 2.53. The van der Waals surface area contributed by atoms with E-state index in [9.17, 15) is 5.26 Å². The zero-order valence-corrected chi connectivity index (χ0v) is 16.5. The van der Waals surface area contributed by atoms with E-state index < -0.39 is 5.60 Å². The van der Waals surface area contributed by atoms with E-state index in [1.165, 1.54) is 0 Å². The highest BCUT2D eigenvalue weighted by Crippen LogP contribution is 2.41. The third-order valence-corrected chi connectivity index (χ3v) is 4.96. The normalized spacial score (nSPS) is 15.2. The number of rotatable bonds is 6. The minimum atomic E-state index is -0.650. The highest BCUT2D eigenvalue weighted by molar-refractivity contribution is 6.33. The van der Waals surface area contributed by atoms with Crippen molar-refractivity contribution >= 4 is 23.6 Å². The monoisotopic (exact) mass is 383 g/mol. The van der Waals surface area contributed by atoms with Crippen LogP contribution in [0.25, 0.3) is 0 Å². The van der Waals surface area contributed by atoms with Crippen molar-refractivity contribution in [2.45, 2.75) is 19.4 Å². The fourth-order valence-electron chi connectivity index (χ4n) is 2.91. The fraction of sp³-hybridized carbons (Fsp3) is 0.333. The number of aliphatic imine (C=N–C) groups is 1. The van der Waals surface area contributed by atoms with Crippen LogP contribution >= 0.6 is 11.6 Å². The van der Waals surface area contributed by atoms with Crippen LogP contribution in [-0.2, 0) is 10.3 Å². The van der Waals surface area contributed by atoms with Crippen LogP contribution in [0, 0.1) is 18.3 Å². The molecule has 2 aromatic carbocycles. The molecule has 1 saturated heterocycles. The molecule has 140 valence electrons. The molecule has 1 fully saturated rings. The van der Waals surface area contributed by atoms with E-state index >= 15 is 0 Å².